The maximum Gasteiger partial charge on any atom is 0.251 e. The summed E-state index contributed by atoms with van der Waals surface area (Å²) in [7, 11) is 0. The van der Waals surface area contributed by atoms with Gasteiger partial charge in [-0.1, -0.05) is 31.9 Å². The van der Waals surface area contributed by atoms with Gasteiger partial charge in [-0.2, -0.15) is 0 Å². The largest absolute Gasteiger partial charge is 0.393 e. The molecule has 1 amide bonds. The van der Waals surface area contributed by atoms with Gasteiger partial charge in [-0.05, 0) is 73.1 Å². The van der Waals surface area contributed by atoms with Gasteiger partial charge >= 0.3 is 0 Å². The molecule has 0 bridgehead atoms. The van der Waals surface area contributed by atoms with Gasteiger partial charge in [-0.25, -0.2) is 0 Å². The Balaban J connectivity index is 1.60. The van der Waals surface area contributed by atoms with E-state index in [1.165, 1.54) is 6.42 Å². The third-order valence-corrected chi connectivity index (χ3v) is 6.79. The summed E-state index contributed by atoms with van der Waals surface area (Å²) < 4.78 is 0. The topological polar surface area (TPSA) is 49.3 Å². The van der Waals surface area contributed by atoms with Crippen molar-refractivity contribution in [1.82, 2.24) is 5.32 Å². The van der Waals surface area contributed by atoms with Crippen LogP contribution in [0.25, 0.3) is 0 Å². The van der Waals surface area contributed by atoms with Crippen molar-refractivity contribution in [2.75, 3.05) is 6.54 Å². The summed E-state index contributed by atoms with van der Waals surface area (Å²) in [5.74, 6) is 1.39. The quantitative estimate of drug-likeness (QED) is 0.852. The first-order valence-corrected chi connectivity index (χ1v) is 9.51. The molecular formula is C20H28ClNO2. The highest BCUT2D eigenvalue weighted by molar-refractivity contribution is 6.30. The highest BCUT2D eigenvalue weighted by atomic mass is 35.5. The van der Waals surface area contributed by atoms with Crippen molar-refractivity contribution in [2.24, 2.45) is 23.2 Å². The van der Waals surface area contributed by atoms with E-state index >= 15 is 0 Å². The third-order valence-electron chi connectivity index (χ3n) is 6.54. The van der Waals surface area contributed by atoms with E-state index < -0.39 is 0 Å². The lowest BCUT2D eigenvalue weighted by atomic mass is 9.62. The monoisotopic (exact) mass is 349 g/mol. The number of fused-ring (bicyclic) bond motifs is 1. The number of aliphatic hydroxyl groups is 1. The molecular weight excluding hydrogens is 322 g/mol. The summed E-state index contributed by atoms with van der Waals surface area (Å²) >= 11 is 5.87. The summed E-state index contributed by atoms with van der Waals surface area (Å²) in [6, 6.07) is 7.00. The molecule has 5 atom stereocenters. The van der Waals surface area contributed by atoms with Gasteiger partial charge in [0.05, 0.1) is 6.10 Å². The predicted octanol–water partition coefficient (Wildman–Crippen LogP) is 4.28. The Bertz CT molecular complexity index is 588. The molecule has 0 saturated heterocycles. The number of amides is 1. The van der Waals surface area contributed by atoms with E-state index in [0.29, 0.717) is 34.9 Å². The molecule has 0 radical (unpaired) electrons. The van der Waals surface area contributed by atoms with Crippen LogP contribution in [0.2, 0.25) is 5.02 Å². The summed E-state index contributed by atoms with van der Waals surface area (Å²) in [5, 5.41) is 14.1. The van der Waals surface area contributed by atoms with Gasteiger partial charge in [0.2, 0.25) is 0 Å². The fourth-order valence-electron chi connectivity index (χ4n) is 5.22. The molecule has 1 aromatic rings. The molecule has 3 nitrogen and oxygen atoms in total. The Labute approximate surface area is 149 Å². The number of benzene rings is 1. The summed E-state index contributed by atoms with van der Waals surface area (Å²) in [6.07, 6.45) is 5.43. The zero-order valence-electron chi connectivity index (χ0n) is 14.6. The van der Waals surface area contributed by atoms with Gasteiger partial charge in [-0.15, -0.1) is 0 Å². The van der Waals surface area contributed by atoms with Gasteiger partial charge in [0.1, 0.15) is 0 Å². The minimum atomic E-state index is -0.135. The molecule has 0 spiro atoms. The van der Waals surface area contributed by atoms with E-state index in [1.807, 2.05) is 0 Å². The van der Waals surface area contributed by atoms with Crippen LogP contribution in [0.15, 0.2) is 24.3 Å². The molecule has 0 unspecified atom stereocenters. The molecule has 132 valence electrons. The van der Waals surface area contributed by atoms with Crippen LogP contribution in [-0.2, 0) is 0 Å². The second-order valence-corrected chi connectivity index (χ2v) is 8.39. The van der Waals surface area contributed by atoms with Gasteiger partial charge in [0, 0.05) is 17.1 Å². The second-order valence-electron chi connectivity index (χ2n) is 7.95. The number of rotatable bonds is 4. The van der Waals surface area contributed by atoms with Crippen molar-refractivity contribution < 1.29 is 9.90 Å². The Morgan fingerprint density at radius 2 is 2.04 bits per heavy atom. The van der Waals surface area contributed by atoms with Gasteiger partial charge < -0.3 is 10.4 Å². The molecule has 3 rings (SSSR count). The molecule has 0 heterocycles. The van der Waals surface area contributed by atoms with E-state index in [9.17, 15) is 9.90 Å². The number of carbonyl (C=O) groups is 1. The smallest absolute Gasteiger partial charge is 0.251 e. The van der Waals surface area contributed by atoms with Crippen molar-refractivity contribution in [3.63, 3.8) is 0 Å². The predicted molar refractivity (Wildman–Crippen MR) is 97.1 cm³/mol. The number of halogens is 1. The normalized spacial score (nSPS) is 33.8. The zero-order valence-corrected chi connectivity index (χ0v) is 15.4. The third kappa shape index (κ3) is 3.34. The summed E-state index contributed by atoms with van der Waals surface area (Å²) in [5.41, 5.74) is 0.873. The highest BCUT2D eigenvalue weighted by Crippen LogP contribution is 2.57. The zero-order chi connectivity index (χ0) is 17.3. The van der Waals surface area contributed by atoms with Crippen molar-refractivity contribution >= 4 is 17.5 Å². The minimum Gasteiger partial charge on any atom is -0.393 e. The Morgan fingerprint density at radius 1 is 1.33 bits per heavy atom. The van der Waals surface area contributed by atoms with E-state index in [2.05, 4.69) is 19.2 Å². The van der Waals surface area contributed by atoms with E-state index in [0.717, 1.165) is 25.7 Å². The average Bonchev–Trinajstić information content (AvgIpc) is 2.91. The first-order valence-electron chi connectivity index (χ1n) is 9.13. The van der Waals surface area contributed by atoms with Crippen LogP contribution < -0.4 is 5.32 Å². The summed E-state index contributed by atoms with van der Waals surface area (Å²) in [6.45, 7) is 5.28. The molecule has 0 aromatic heterocycles. The molecule has 1 aromatic carbocycles. The SMILES string of the molecule is C[C@H](CNC(=O)c1ccc(Cl)cc1)[C@H]1CC[C@H]2[C@@H](O)CCC[C@]12C. The average molecular weight is 350 g/mol. The Kier molecular flexibility index (Phi) is 5.22. The van der Waals surface area contributed by atoms with Crippen LogP contribution in [0.3, 0.4) is 0 Å². The van der Waals surface area contributed by atoms with Gasteiger partial charge in [0.15, 0.2) is 0 Å². The van der Waals surface area contributed by atoms with Crippen LogP contribution >= 0.6 is 11.6 Å². The highest BCUT2D eigenvalue weighted by Gasteiger charge is 2.52. The molecule has 0 aliphatic heterocycles. The van der Waals surface area contributed by atoms with E-state index in [-0.39, 0.29) is 17.4 Å². The number of hydrogen-bond acceptors (Lipinski definition) is 2. The molecule has 2 saturated carbocycles. The van der Waals surface area contributed by atoms with Crippen LogP contribution in [0.1, 0.15) is 56.3 Å². The van der Waals surface area contributed by atoms with Crippen LogP contribution in [0.5, 0.6) is 0 Å². The first-order chi connectivity index (χ1) is 11.4. The van der Waals surface area contributed by atoms with Gasteiger partial charge in [0.25, 0.3) is 5.91 Å². The van der Waals surface area contributed by atoms with Crippen molar-refractivity contribution in [3.05, 3.63) is 34.9 Å². The second kappa shape index (κ2) is 7.05. The van der Waals surface area contributed by atoms with Crippen LogP contribution in [-0.4, -0.2) is 23.7 Å². The van der Waals surface area contributed by atoms with Crippen molar-refractivity contribution in [2.45, 2.75) is 52.1 Å². The first kappa shape index (κ1) is 17.8. The molecule has 2 aliphatic rings. The van der Waals surface area contributed by atoms with Crippen LogP contribution in [0.4, 0.5) is 0 Å². The lowest BCUT2D eigenvalue weighted by Crippen LogP contribution is -2.43. The van der Waals surface area contributed by atoms with Crippen molar-refractivity contribution in [3.8, 4) is 0 Å². The number of aliphatic hydroxyl groups excluding tert-OH is 1. The lowest BCUT2D eigenvalue weighted by molar-refractivity contribution is -0.0266. The van der Waals surface area contributed by atoms with Crippen molar-refractivity contribution in [1.29, 1.82) is 0 Å². The Morgan fingerprint density at radius 3 is 2.75 bits per heavy atom. The van der Waals surface area contributed by atoms with Crippen LogP contribution in [0, 0.1) is 23.2 Å². The minimum absolute atomic E-state index is 0.0399. The summed E-state index contributed by atoms with van der Waals surface area (Å²) in [4.78, 5) is 12.3. The fourth-order valence-corrected chi connectivity index (χ4v) is 5.35. The molecule has 2 fully saturated rings. The maximum atomic E-state index is 12.3. The van der Waals surface area contributed by atoms with E-state index in [1.54, 1.807) is 24.3 Å². The molecule has 24 heavy (non-hydrogen) atoms. The van der Waals surface area contributed by atoms with Gasteiger partial charge in [-0.3, -0.25) is 4.79 Å². The number of carbonyl (C=O) groups excluding carboxylic acids is 1. The van der Waals surface area contributed by atoms with E-state index in [4.69, 9.17) is 11.6 Å². The lowest BCUT2D eigenvalue weighted by Gasteiger charge is -2.45. The standard InChI is InChI=1S/C20H28ClNO2/c1-13(12-22-19(24)14-5-7-15(21)8-6-14)16-9-10-17-18(23)4-3-11-20(16,17)2/h5-8,13,16-18,23H,3-4,9-12H2,1-2H3,(H,22,24)/t13-,16-,17+,18+,20-/m1/s1. The Hall–Kier alpha value is -1.06. The molecule has 4 heteroatoms. The number of nitrogens with one attached hydrogen (secondary N) is 1. The maximum absolute atomic E-state index is 12.3. The molecule has 2 N–H and O–H groups in total. The number of hydrogen-bond donors (Lipinski definition) is 2. The fraction of sp³-hybridized carbons (Fsp3) is 0.650. The molecule has 2 aliphatic carbocycles.